The number of benzene rings is 2. The number of rotatable bonds is 7. The summed E-state index contributed by atoms with van der Waals surface area (Å²) in [5.41, 5.74) is 0.120. The van der Waals surface area contributed by atoms with Crippen molar-refractivity contribution in [2.24, 2.45) is 0 Å². The molecule has 1 fully saturated rings. The first kappa shape index (κ1) is 26.7. The summed E-state index contributed by atoms with van der Waals surface area (Å²) in [4.78, 5) is 22.1. The minimum Gasteiger partial charge on any atom is -0.550 e. The van der Waals surface area contributed by atoms with Crippen molar-refractivity contribution in [3.8, 4) is 40.1 Å². The fourth-order valence-electron chi connectivity index (χ4n) is 3.76. The molecule has 2 aromatic carbocycles. The molecule has 7 N–H and O–H groups in total. The van der Waals surface area contributed by atoms with E-state index in [1.54, 1.807) is 0 Å². The number of phenolic OH excluding ortho intramolecular Hbond substituents is 4. The molecule has 38 heavy (non-hydrogen) atoms. The third kappa shape index (κ3) is 5.47. The third-order valence-electron chi connectivity index (χ3n) is 5.66. The van der Waals surface area contributed by atoms with E-state index in [4.69, 9.17) is 18.6 Å². The van der Waals surface area contributed by atoms with Crippen LogP contribution < -0.4 is 9.84 Å². The molecule has 1 aliphatic rings. The van der Waals surface area contributed by atoms with Gasteiger partial charge in [-0.3, -0.25) is 4.79 Å². The number of hydrogen-bond acceptors (Lipinski definition) is 13. The van der Waals surface area contributed by atoms with Crippen molar-refractivity contribution in [2.45, 2.75) is 37.1 Å². The first-order valence-electron chi connectivity index (χ1n) is 11.0. The van der Waals surface area contributed by atoms with Crippen molar-refractivity contribution < 1.29 is 69.1 Å². The Kier molecular flexibility index (Phi) is 7.41. The van der Waals surface area contributed by atoms with E-state index in [2.05, 4.69) is 0 Å². The molecule has 0 saturated carbocycles. The standard InChI is InChI=1S/C24H22O14/c25-10-4-13(27)11-6-16(23(36-15(11)5-10)9-1-2-12(26)14(28)3-9)37-24-22(34)21(33)20(32)17(38-24)8-35-19(31)7-18(29)30/h1-6,17,20-22,24,32-34H,7-8H2,(H4-,25,26,27,28,29,30)/t17-,20-,21+,22-,24-/m0/s1. The molecule has 14 heteroatoms. The molecular formula is C24H22O14. The van der Waals surface area contributed by atoms with Gasteiger partial charge in [0.25, 0.3) is 0 Å². The Hall–Kier alpha value is -4.37. The minimum absolute atomic E-state index is 0.0179. The number of esters is 1. The second-order valence-electron chi connectivity index (χ2n) is 8.38. The Balaban J connectivity index is 1.70. The zero-order chi connectivity index (χ0) is 27.7. The number of phenols is 4. The van der Waals surface area contributed by atoms with E-state index in [1.165, 1.54) is 18.2 Å². The number of fused-ring (bicyclic) bond motifs is 1. The van der Waals surface area contributed by atoms with E-state index in [-0.39, 0.29) is 33.8 Å². The van der Waals surface area contributed by atoms with Crippen molar-refractivity contribution in [3.05, 3.63) is 36.4 Å². The highest BCUT2D eigenvalue weighted by Gasteiger charge is 2.46. The van der Waals surface area contributed by atoms with Crippen LogP contribution in [0.3, 0.4) is 0 Å². The fourth-order valence-corrected chi connectivity index (χ4v) is 3.76. The van der Waals surface area contributed by atoms with Gasteiger partial charge in [-0.25, -0.2) is 4.42 Å². The summed E-state index contributed by atoms with van der Waals surface area (Å²) in [6, 6.07) is 7.06. The maximum absolute atomic E-state index is 11.5. The topological polar surface area (TPSA) is 238 Å². The Morgan fingerprint density at radius 2 is 1.66 bits per heavy atom. The number of carbonyl (C=O) groups excluding carboxylic acids is 2. The molecule has 3 aromatic rings. The Morgan fingerprint density at radius 1 is 0.921 bits per heavy atom. The second kappa shape index (κ2) is 10.5. The SMILES string of the molecule is O=C([O-])CC(=O)OC[C@@H]1O[C@H](Oc2cc3c(O)cc(O)cc3[o+]c2-c2ccc(O)c(O)c2)[C@@H](O)[C@H](O)[C@H]1O. The number of carboxylic acids is 1. The van der Waals surface area contributed by atoms with Crippen LogP contribution >= 0.6 is 0 Å². The molecule has 1 aromatic heterocycles. The van der Waals surface area contributed by atoms with E-state index < -0.39 is 72.9 Å². The lowest BCUT2D eigenvalue weighted by atomic mass is 9.99. The molecule has 1 saturated heterocycles. The number of aliphatic hydroxyl groups excluding tert-OH is 3. The van der Waals surface area contributed by atoms with Gasteiger partial charge in [0.15, 0.2) is 11.5 Å². The van der Waals surface area contributed by atoms with Gasteiger partial charge in [0.1, 0.15) is 47.9 Å². The lowest BCUT2D eigenvalue weighted by molar-refractivity contribution is -0.305. The van der Waals surface area contributed by atoms with Crippen LogP contribution in [0.5, 0.6) is 28.7 Å². The van der Waals surface area contributed by atoms with Gasteiger partial charge >= 0.3 is 17.3 Å². The predicted molar refractivity (Wildman–Crippen MR) is 121 cm³/mol. The Labute approximate surface area is 212 Å². The molecule has 4 rings (SSSR count). The summed E-state index contributed by atoms with van der Waals surface area (Å²) in [5.74, 6) is -4.94. The zero-order valence-electron chi connectivity index (χ0n) is 19.3. The molecule has 202 valence electrons. The van der Waals surface area contributed by atoms with Gasteiger partial charge in [-0.05, 0) is 12.1 Å². The average molecular weight is 534 g/mol. The summed E-state index contributed by atoms with van der Waals surface area (Å²) in [6.07, 6.45) is -9.73. The van der Waals surface area contributed by atoms with E-state index >= 15 is 0 Å². The summed E-state index contributed by atoms with van der Waals surface area (Å²) < 4.78 is 21.7. The van der Waals surface area contributed by atoms with Gasteiger partial charge in [-0.1, -0.05) is 0 Å². The predicted octanol–water partition coefficient (Wildman–Crippen LogP) is -0.927. The summed E-state index contributed by atoms with van der Waals surface area (Å²) in [7, 11) is 0. The van der Waals surface area contributed by atoms with Gasteiger partial charge in [0.05, 0.1) is 24.0 Å². The summed E-state index contributed by atoms with van der Waals surface area (Å²) in [5, 5.41) is 81.4. The summed E-state index contributed by atoms with van der Waals surface area (Å²) >= 11 is 0. The highest BCUT2D eigenvalue weighted by molar-refractivity contribution is 5.89. The minimum atomic E-state index is -1.86. The van der Waals surface area contributed by atoms with E-state index in [9.17, 15) is 50.4 Å². The van der Waals surface area contributed by atoms with Crippen molar-refractivity contribution in [1.29, 1.82) is 0 Å². The molecular weight excluding hydrogens is 512 g/mol. The third-order valence-corrected chi connectivity index (χ3v) is 5.66. The number of aliphatic hydroxyl groups is 3. The second-order valence-corrected chi connectivity index (χ2v) is 8.38. The molecule has 0 radical (unpaired) electrons. The average Bonchev–Trinajstić information content (AvgIpc) is 2.84. The van der Waals surface area contributed by atoms with Crippen LogP contribution in [0.25, 0.3) is 22.3 Å². The molecule has 0 bridgehead atoms. The van der Waals surface area contributed by atoms with E-state index in [1.807, 2.05) is 0 Å². The maximum atomic E-state index is 11.5. The van der Waals surface area contributed by atoms with E-state index in [0.29, 0.717) is 0 Å². The molecule has 0 amide bonds. The number of hydrogen-bond donors (Lipinski definition) is 7. The normalized spacial score (nSPS) is 23.2. The van der Waals surface area contributed by atoms with Crippen molar-refractivity contribution >= 4 is 22.9 Å². The monoisotopic (exact) mass is 534 g/mol. The van der Waals surface area contributed by atoms with Crippen LogP contribution in [0.15, 0.2) is 40.8 Å². The molecule has 0 aliphatic carbocycles. The number of carbonyl (C=O) groups is 2. The molecule has 0 spiro atoms. The molecule has 0 unspecified atom stereocenters. The first-order chi connectivity index (χ1) is 17.9. The zero-order valence-corrected chi connectivity index (χ0v) is 19.3. The van der Waals surface area contributed by atoms with Gasteiger partial charge in [-0.2, -0.15) is 0 Å². The Morgan fingerprint density at radius 3 is 2.34 bits per heavy atom. The maximum Gasteiger partial charge on any atom is 0.402 e. The van der Waals surface area contributed by atoms with Crippen LogP contribution in [0.1, 0.15) is 6.42 Å². The van der Waals surface area contributed by atoms with Crippen molar-refractivity contribution in [3.63, 3.8) is 0 Å². The lowest BCUT2D eigenvalue weighted by Gasteiger charge is -2.39. The van der Waals surface area contributed by atoms with E-state index in [0.717, 1.165) is 18.2 Å². The van der Waals surface area contributed by atoms with Crippen LogP contribution in [0.4, 0.5) is 0 Å². The van der Waals surface area contributed by atoms with Gasteiger partial charge in [-0.15, -0.1) is 0 Å². The number of ether oxygens (including phenoxy) is 3. The molecule has 1 aliphatic heterocycles. The highest BCUT2D eigenvalue weighted by atomic mass is 16.7. The van der Waals surface area contributed by atoms with Crippen LogP contribution in [-0.2, 0) is 19.1 Å². The van der Waals surface area contributed by atoms with Gasteiger partial charge in [0.2, 0.25) is 12.0 Å². The molecule has 2 heterocycles. The highest BCUT2D eigenvalue weighted by Crippen LogP contribution is 2.42. The van der Waals surface area contributed by atoms with Crippen LogP contribution in [-0.4, -0.2) is 85.0 Å². The number of aliphatic carboxylic acids is 1. The number of aromatic hydroxyl groups is 4. The quantitative estimate of drug-likeness (QED) is 0.0839. The number of carboxylic acid groups (broad SMARTS) is 1. The van der Waals surface area contributed by atoms with Crippen LogP contribution in [0, 0.1) is 0 Å². The van der Waals surface area contributed by atoms with Crippen LogP contribution in [0.2, 0.25) is 0 Å². The summed E-state index contributed by atoms with van der Waals surface area (Å²) in [6.45, 7) is -0.711. The smallest absolute Gasteiger partial charge is 0.402 e. The fraction of sp³-hybridized carbons (Fsp3) is 0.292. The van der Waals surface area contributed by atoms with Crippen molar-refractivity contribution in [2.75, 3.05) is 6.61 Å². The Bertz CT molecular complexity index is 1370. The first-order valence-corrected chi connectivity index (χ1v) is 11.0. The largest absolute Gasteiger partial charge is 0.550 e. The molecule has 14 nitrogen and oxygen atoms in total. The lowest BCUT2D eigenvalue weighted by Crippen LogP contribution is -2.60. The molecule has 5 atom stereocenters. The van der Waals surface area contributed by atoms with Crippen molar-refractivity contribution in [1.82, 2.24) is 0 Å². The van der Waals surface area contributed by atoms with Gasteiger partial charge in [0, 0.05) is 18.2 Å². The van der Waals surface area contributed by atoms with Gasteiger partial charge < -0.3 is 59.9 Å².